The fourth-order valence-electron chi connectivity index (χ4n) is 7.15. The van der Waals surface area contributed by atoms with E-state index in [2.05, 4.69) is 36.6 Å². The van der Waals surface area contributed by atoms with Crippen molar-refractivity contribution >= 4 is 29.7 Å². The van der Waals surface area contributed by atoms with Crippen LogP contribution in [0.4, 0.5) is 4.79 Å². The predicted octanol–water partition coefficient (Wildman–Crippen LogP) is 4.63. The van der Waals surface area contributed by atoms with E-state index < -0.39 is 59.6 Å². The van der Waals surface area contributed by atoms with Gasteiger partial charge in [0.15, 0.2) is 0 Å². The van der Waals surface area contributed by atoms with Gasteiger partial charge in [0.05, 0.1) is 18.5 Å². The SMILES string of the molecule is CCCCC(C(=O)NCc1ccccc1)C(=O)NCC(O)[C@H](CC1CCCCC1)NC(=O)[C@H](Cc1cnc[nH]1)NC(=O)[C@H](Cc1ccccc1)NC(=O)OC(C)(C)C. The van der Waals surface area contributed by atoms with Gasteiger partial charge in [-0.05, 0) is 50.7 Å². The average Bonchev–Trinajstić information content (AvgIpc) is 3.72. The lowest BCUT2D eigenvalue weighted by atomic mass is 9.83. The van der Waals surface area contributed by atoms with E-state index in [4.69, 9.17) is 4.74 Å². The van der Waals surface area contributed by atoms with E-state index >= 15 is 0 Å². The molecule has 5 atom stereocenters. The van der Waals surface area contributed by atoms with Crippen molar-refractivity contribution < 1.29 is 33.8 Å². The number of H-pyrrole nitrogens is 1. The topological polar surface area (TPSA) is 204 Å². The van der Waals surface area contributed by atoms with Gasteiger partial charge in [0.1, 0.15) is 23.6 Å². The minimum Gasteiger partial charge on any atom is -0.444 e. The highest BCUT2D eigenvalue weighted by atomic mass is 16.6. The first-order valence-corrected chi connectivity index (χ1v) is 20.7. The molecule has 1 fully saturated rings. The molecule has 0 aliphatic heterocycles. The molecule has 0 saturated heterocycles. The zero-order valence-corrected chi connectivity index (χ0v) is 34.4. The Kier molecular flexibility index (Phi) is 18.2. The largest absolute Gasteiger partial charge is 0.444 e. The molecule has 3 aromatic rings. The number of amides is 5. The molecule has 58 heavy (non-hydrogen) atoms. The van der Waals surface area contributed by atoms with Crippen molar-refractivity contribution in [2.24, 2.45) is 11.8 Å². The lowest BCUT2D eigenvalue weighted by Gasteiger charge is -2.32. The normalized spacial score (nSPS) is 15.8. The number of unbranched alkanes of at least 4 members (excludes halogenated alkanes) is 1. The summed E-state index contributed by atoms with van der Waals surface area (Å²) in [4.78, 5) is 75.0. The fourth-order valence-corrected chi connectivity index (χ4v) is 7.15. The molecule has 0 bridgehead atoms. The summed E-state index contributed by atoms with van der Waals surface area (Å²) < 4.78 is 5.46. The molecule has 1 aromatic heterocycles. The maximum absolute atomic E-state index is 14.3. The number of benzene rings is 2. The second-order valence-electron chi connectivity index (χ2n) is 16.3. The standard InChI is InChI=1S/C44H63N7O7/c1-5-6-22-34(39(53)46-26-32-20-14-9-15-21-32)40(54)47-28-38(52)35(23-30-16-10-7-11-17-30)49-42(56)37(25-33-27-45-29-48-33)50-41(55)36(24-31-18-12-8-13-19-31)51-43(57)58-44(2,3)4/h8-9,12-15,18-21,27,29-30,34-38,52H,5-7,10-11,16-17,22-26,28H2,1-4H3,(H,45,48)(H,46,53)(H,47,54)(H,49,56)(H,50,55)(H,51,57)/t34?,35-,36-,37-,38?/m0/s1. The minimum absolute atomic E-state index is 0.0439. The Hall–Kier alpha value is -5.24. The Morgan fingerprint density at radius 1 is 0.810 bits per heavy atom. The molecule has 1 saturated carbocycles. The summed E-state index contributed by atoms with van der Waals surface area (Å²) in [5.74, 6) is -2.75. The number of ether oxygens (including phenoxy) is 1. The fraction of sp³-hybridized carbons (Fsp3) is 0.545. The van der Waals surface area contributed by atoms with Gasteiger partial charge in [-0.15, -0.1) is 0 Å². The Morgan fingerprint density at radius 2 is 1.43 bits per heavy atom. The number of hydrogen-bond donors (Lipinski definition) is 7. The zero-order valence-electron chi connectivity index (χ0n) is 34.4. The molecular formula is C44H63N7O7. The van der Waals surface area contributed by atoms with Gasteiger partial charge in [0.2, 0.25) is 23.6 Å². The number of nitrogens with zero attached hydrogens (tertiary/aromatic N) is 1. The zero-order chi connectivity index (χ0) is 41.9. The van der Waals surface area contributed by atoms with Crippen LogP contribution in [0.25, 0.3) is 0 Å². The van der Waals surface area contributed by atoms with E-state index in [1.807, 2.05) is 67.6 Å². The van der Waals surface area contributed by atoms with Crippen LogP contribution in [0.2, 0.25) is 0 Å². The van der Waals surface area contributed by atoms with E-state index in [-0.39, 0.29) is 37.8 Å². The van der Waals surface area contributed by atoms with Crippen LogP contribution >= 0.6 is 0 Å². The van der Waals surface area contributed by atoms with Crippen molar-refractivity contribution in [2.45, 2.75) is 135 Å². The molecule has 14 nitrogen and oxygen atoms in total. The number of aliphatic hydroxyl groups is 1. The van der Waals surface area contributed by atoms with Gasteiger partial charge < -0.3 is 41.4 Å². The van der Waals surface area contributed by atoms with Crippen molar-refractivity contribution in [3.63, 3.8) is 0 Å². The first kappa shape index (κ1) is 45.5. The van der Waals surface area contributed by atoms with Crippen LogP contribution in [0.1, 0.15) is 102 Å². The lowest BCUT2D eigenvalue weighted by Crippen LogP contribution is -2.58. The molecule has 2 unspecified atom stereocenters. The summed E-state index contributed by atoms with van der Waals surface area (Å²) in [6.07, 6.45) is 8.61. The van der Waals surface area contributed by atoms with Gasteiger partial charge in [-0.25, -0.2) is 9.78 Å². The van der Waals surface area contributed by atoms with Crippen LogP contribution in [0.3, 0.4) is 0 Å². The Balaban J connectivity index is 1.50. The third kappa shape index (κ3) is 16.0. The van der Waals surface area contributed by atoms with Crippen molar-refractivity contribution in [3.05, 3.63) is 90.0 Å². The predicted molar refractivity (Wildman–Crippen MR) is 221 cm³/mol. The number of aromatic amines is 1. The summed E-state index contributed by atoms with van der Waals surface area (Å²) in [6.45, 7) is 7.25. The van der Waals surface area contributed by atoms with Crippen molar-refractivity contribution in [3.8, 4) is 0 Å². The van der Waals surface area contributed by atoms with Crippen LogP contribution in [-0.4, -0.2) is 81.2 Å². The quantitative estimate of drug-likeness (QED) is 0.0756. The van der Waals surface area contributed by atoms with E-state index in [0.29, 0.717) is 25.0 Å². The van der Waals surface area contributed by atoms with E-state index in [1.54, 1.807) is 27.0 Å². The second kappa shape index (κ2) is 23.2. The third-order valence-corrected chi connectivity index (χ3v) is 10.3. The highest BCUT2D eigenvalue weighted by Gasteiger charge is 2.34. The number of nitrogens with one attached hydrogen (secondary N) is 6. The molecule has 316 valence electrons. The van der Waals surface area contributed by atoms with Gasteiger partial charge in [0, 0.05) is 37.8 Å². The number of carbonyl (C=O) groups is 5. The van der Waals surface area contributed by atoms with E-state index in [9.17, 15) is 29.1 Å². The summed E-state index contributed by atoms with van der Waals surface area (Å²) in [7, 11) is 0. The lowest BCUT2D eigenvalue weighted by molar-refractivity contribution is -0.136. The van der Waals surface area contributed by atoms with Crippen molar-refractivity contribution in [1.82, 2.24) is 36.6 Å². The number of imidazole rings is 1. The maximum Gasteiger partial charge on any atom is 0.408 e. The number of aliphatic hydroxyl groups excluding tert-OH is 1. The second-order valence-corrected chi connectivity index (χ2v) is 16.3. The van der Waals surface area contributed by atoms with Crippen LogP contribution < -0.4 is 26.6 Å². The Labute approximate surface area is 342 Å². The van der Waals surface area contributed by atoms with Gasteiger partial charge in [-0.1, -0.05) is 113 Å². The molecule has 1 aliphatic carbocycles. The van der Waals surface area contributed by atoms with Gasteiger partial charge >= 0.3 is 6.09 Å². The minimum atomic E-state index is -1.20. The highest BCUT2D eigenvalue weighted by Crippen LogP contribution is 2.28. The number of aromatic nitrogens is 2. The molecule has 5 amide bonds. The van der Waals surface area contributed by atoms with Crippen LogP contribution in [0, 0.1) is 11.8 Å². The number of hydrogen-bond acceptors (Lipinski definition) is 8. The van der Waals surface area contributed by atoms with Crippen molar-refractivity contribution in [2.75, 3.05) is 6.54 Å². The first-order chi connectivity index (χ1) is 27.8. The first-order valence-electron chi connectivity index (χ1n) is 20.7. The van der Waals surface area contributed by atoms with Crippen LogP contribution in [-0.2, 0) is 43.3 Å². The molecule has 14 heteroatoms. The highest BCUT2D eigenvalue weighted by molar-refractivity contribution is 6.00. The average molecular weight is 802 g/mol. The Morgan fingerprint density at radius 3 is 2.05 bits per heavy atom. The summed E-state index contributed by atoms with van der Waals surface area (Å²) in [5, 5.41) is 25.9. The monoisotopic (exact) mass is 801 g/mol. The molecule has 0 radical (unpaired) electrons. The molecular weight excluding hydrogens is 739 g/mol. The molecule has 2 aromatic carbocycles. The van der Waals surface area contributed by atoms with E-state index in [1.165, 1.54) is 6.33 Å². The summed E-state index contributed by atoms with van der Waals surface area (Å²) in [5.41, 5.74) is 1.48. The van der Waals surface area contributed by atoms with Gasteiger partial charge in [-0.2, -0.15) is 0 Å². The molecule has 0 spiro atoms. The van der Waals surface area contributed by atoms with Crippen LogP contribution in [0.15, 0.2) is 73.2 Å². The molecule has 4 rings (SSSR count). The number of alkyl carbamates (subject to hydrolysis) is 1. The van der Waals surface area contributed by atoms with Gasteiger partial charge in [0.25, 0.3) is 0 Å². The number of carbonyl (C=O) groups excluding carboxylic acids is 5. The smallest absolute Gasteiger partial charge is 0.408 e. The third-order valence-electron chi connectivity index (χ3n) is 10.3. The molecule has 7 N–H and O–H groups in total. The maximum atomic E-state index is 14.3. The van der Waals surface area contributed by atoms with Crippen LogP contribution in [0.5, 0.6) is 0 Å². The molecule has 1 heterocycles. The summed E-state index contributed by atoms with van der Waals surface area (Å²) >= 11 is 0. The van der Waals surface area contributed by atoms with Crippen molar-refractivity contribution in [1.29, 1.82) is 0 Å². The molecule has 1 aliphatic rings. The van der Waals surface area contributed by atoms with E-state index in [0.717, 1.165) is 49.7 Å². The number of rotatable bonds is 21. The Bertz CT molecular complexity index is 1710. The summed E-state index contributed by atoms with van der Waals surface area (Å²) in [6, 6.07) is 15.6. The van der Waals surface area contributed by atoms with Gasteiger partial charge in [-0.3, -0.25) is 19.2 Å².